The third-order valence-electron chi connectivity index (χ3n) is 3.85. The molecule has 0 amide bonds. The maximum absolute atomic E-state index is 12.5. The molecule has 128 valence electrons. The molecule has 0 unspecified atom stereocenters. The molecule has 0 radical (unpaired) electrons. The average Bonchev–Trinajstić information content (AvgIpc) is 2.64. The monoisotopic (exact) mass is 356 g/mol. The van der Waals surface area contributed by atoms with E-state index in [0.717, 1.165) is 16.9 Å². The van der Waals surface area contributed by atoms with Crippen LogP contribution in [0.15, 0.2) is 48.0 Å². The van der Waals surface area contributed by atoms with Crippen molar-refractivity contribution in [3.05, 3.63) is 64.2 Å². The summed E-state index contributed by atoms with van der Waals surface area (Å²) in [6.07, 6.45) is 5.01. The molecule has 2 aromatic rings. The Bertz CT molecular complexity index is 868. The molecular formula is C20H17ClO4. The zero-order valence-electron chi connectivity index (χ0n) is 13.9. The molecule has 0 saturated heterocycles. The lowest BCUT2D eigenvalue weighted by atomic mass is 10.0. The third-order valence-corrected chi connectivity index (χ3v) is 4.08. The van der Waals surface area contributed by atoms with Gasteiger partial charge in [-0.05, 0) is 42.5 Å². The first kappa shape index (κ1) is 17.1. The second-order valence-electron chi connectivity index (χ2n) is 5.42. The maximum atomic E-state index is 12.5. The van der Waals surface area contributed by atoms with E-state index < -0.39 is 0 Å². The molecule has 3 rings (SSSR count). The molecule has 1 aliphatic rings. The molecular weight excluding hydrogens is 340 g/mol. The molecule has 0 saturated carbocycles. The first-order valence-corrected chi connectivity index (χ1v) is 8.06. The molecule has 0 aliphatic carbocycles. The van der Waals surface area contributed by atoms with Gasteiger partial charge in [-0.3, -0.25) is 4.79 Å². The van der Waals surface area contributed by atoms with E-state index in [2.05, 4.69) is 0 Å². The van der Waals surface area contributed by atoms with Crippen LogP contribution in [0.2, 0.25) is 5.02 Å². The molecule has 0 aromatic heterocycles. The second kappa shape index (κ2) is 7.45. The Kier molecular flexibility index (Phi) is 5.10. The van der Waals surface area contributed by atoms with Crippen molar-refractivity contribution in [2.45, 2.75) is 0 Å². The quantitative estimate of drug-likeness (QED) is 0.744. The molecule has 1 heterocycles. The number of fused-ring (bicyclic) bond motifs is 1. The summed E-state index contributed by atoms with van der Waals surface area (Å²) < 4.78 is 16.2. The molecule has 25 heavy (non-hydrogen) atoms. The SMILES string of the molecule is COc1cccc(/C=C/C(=O)C2=Cc3cc(Cl)ccc3OC2)c1OC. The number of carbonyl (C=O) groups excluding carboxylic acids is 1. The van der Waals surface area contributed by atoms with E-state index in [1.165, 1.54) is 6.08 Å². The van der Waals surface area contributed by atoms with E-state index in [9.17, 15) is 4.79 Å². The minimum absolute atomic E-state index is 0.129. The van der Waals surface area contributed by atoms with Crippen LogP contribution in [0.4, 0.5) is 0 Å². The Labute approximate surface area is 151 Å². The highest BCUT2D eigenvalue weighted by atomic mass is 35.5. The van der Waals surface area contributed by atoms with Crippen LogP contribution in [0.3, 0.4) is 0 Å². The topological polar surface area (TPSA) is 44.8 Å². The highest BCUT2D eigenvalue weighted by Crippen LogP contribution is 2.32. The lowest BCUT2D eigenvalue weighted by molar-refractivity contribution is -0.111. The fourth-order valence-corrected chi connectivity index (χ4v) is 2.79. The zero-order valence-corrected chi connectivity index (χ0v) is 14.7. The number of methoxy groups -OCH3 is 2. The first-order valence-electron chi connectivity index (χ1n) is 7.68. The Morgan fingerprint density at radius 3 is 2.80 bits per heavy atom. The number of halogens is 1. The predicted octanol–water partition coefficient (Wildman–Crippen LogP) is 4.42. The zero-order chi connectivity index (χ0) is 17.8. The van der Waals surface area contributed by atoms with Gasteiger partial charge in [0, 0.05) is 21.7 Å². The van der Waals surface area contributed by atoms with E-state index in [0.29, 0.717) is 22.1 Å². The van der Waals surface area contributed by atoms with E-state index in [4.69, 9.17) is 25.8 Å². The second-order valence-corrected chi connectivity index (χ2v) is 5.86. The van der Waals surface area contributed by atoms with Gasteiger partial charge in [0.05, 0.1) is 14.2 Å². The molecule has 5 heteroatoms. The van der Waals surface area contributed by atoms with Crippen molar-refractivity contribution in [3.63, 3.8) is 0 Å². The predicted molar refractivity (Wildman–Crippen MR) is 98.5 cm³/mol. The third kappa shape index (κ3) is 3.69. The van der Waals surface area contributed by atoms with Gasteiger partial charge in [-0.25, -0.2) is 0 Å². The summed E-state index contributed by atoms with van der Waals surface area (Å²) >= 11 is 6.00. The molecule has 2 aromatic carbocycles. The van der Waals surface area contributed by atoms with Gasteiger partial charge in [0.25, 0.3) is 0 Å². The minimum atomic E-state index is -0.129. The van der Waals surface area contributed by atoms with Gasteiger partial charge >= 0.3 is 0 Å². The number of carbonyl (C=O) groups is 1. The van der Waals surface area contributed by atoms with Crippen LogP contribution >= 0.6 is 11.6 Å². The fourth-order valence-electron chi connectivity index (χ4n) is 2.61. The van der Waals surface area contributed by atoms with Gasteiger partial charge < -0.3 is 14.2 Å². The summed E-state index contributed by atoms with van der Waals surface area (Å²) in [6, 6.07) is 10.8. The summed E-state index contributed by atoms with van der Waals surface area (Å²) in [7, 11) is 3.14. The van der Waals surface area contributed by atoms with Crippen molar-refractivity contribution in [1.82, 2.24) is 0 Å². The van der Waals surface area contributed by atoms with Crippen molar-refractivity contribution < 1.29 is 19.0 Å². The summed E-state index contributed by atoms with van der Waals surface area (Å²) in [6.45, 7) is 0.229. The Morgan fingerprint density at radius 2 is 2.04 bits per heavy atom. The number of hydrogen-bond acceptors (Lipinski definition) is 4. The molecule has 0 spiro atoms. The lowest BCUT2D eigenvalue weighted by Crippen LogP contribution is -2.13. The van der Waals surface area contributed by atoms with E-state index in [1.54, 1.807) is 50.6 Å². The van der Waals surface area contributed by atoms with Crippen LogP contribution in [0, 0.1) is 0 Å². The largest absolute Gasteiger partial charge is 0.493 e. The Morgan fingerprint density at radius 1 is 1.20 bits per heavy atom. The van der Waals surface area contributed by atoms with Crippen molar-refractivity contribution in [2.24, 2.45) is 0 Å². The van der Waals surface area contributed by atoms with Crippen LogP contribution in [0.25, 0.3) is 12.2 Å². The van der Waals surface area contributed by atoms with Crippen LogP contribution < -0.4 is 14.2 Å². The lowest BCUT2D eigenvalue weighted by Gasteiger charge is -2.16. The van der Waals surface area contributed by atoms with E-state index >= 15 is 0 Å². The highest BCUT2D eigenvalue weighted by Gasteiger charge is 2.16. The number of ether oxygens (including phenoxy) is 3. The number of benzene rings is 2. The highest BCUT2D eigenvalue weighted by molar-refractivity contribution is 6.30. The molecule has 0 fully saturated rings. The van der Waals surface area contributed by atoms with E-state index in [1.807, 2.05) is 12.1 Å². The van der Waals surface area contributed by atoms with Gasteiger partial charge in [-0.2, -0.15) is 0 Å². The average molecular weight is 357 g/mol. The molecule has 0 N–H and O–H groups in total. The first-order chi connectivity index (χ1) is 12.1. The molecule has 0 bridgehead atoms. The fraction of sp³-hybridized carbons (Fsp3) is 0.150. The van der Waals surface area contributed by atoms with Crippen LogP contribution in [0.5, 0.6) is 17.2 Å². The normalized spacial score (nSPS) is 13.0. The molecule has 4 nitrogen and oxygen atoms in total. The molecule has 1 aliphatic heterocycles. The Hall–Kier alpha value is -2.72. The summed E-state index contributed by atoms with van der Waals surface area (Å²) in [5, 5.41) is 0.601. The summed E-state index contributed by atoms with van der Waals surface area (Å²) in [4.78, 5) is 12.5. The number of ketones is 1. The van der Waals surface area contributed by atoms with Crippen molar-refractivity contribution in [2.75, 3.05) is 20.8 Å². The number of rotatable bonds is 5. The van der Waals surface area contributed by atoms with E-state index in [-0.39, 0.29) is 12.4 Å². The standard InChI is InChI=1S/C20H17ClO4/c1-23-19-5-3-4-13(20(19)24-2)6-8-17(22)15-10-14-11-16(21)7-9-18(14)25-12-15/h3-11H,12H2,1-2H3/b8-6+. The van der Waals surface area contributed by atoms with Crippen LogP contribution in [-0.2, 0) is 4.79 Å². The van der Waals surface area contributed by atoms with Gasteiger partial charge in [0.15, 0.2) is 17.3 Å². The van der Waals surface area contributed by atoms with Crippen molar-refractivity contribution in [1.29, 1.82) is 0 Å². The van der Waals surface area contributed by atoms with Crippen LogP contribution in [0.1, 0.15) is 11.1 Å². The number of allylic oxidation sites excluding steroid dienone is 1. The smallest absolute Gasteiger partial charge is 0.185 e. The van der Waals surface area contributed by atoms with Gasteiger partial charge in [0.2, 0.25) is 0 Å². The maximum Gasteiger partial charge on any atom is 0.185 e. The number of para-hydroxylation sites is 1. The summed E-state index contributed by atoms with van der Waals surface area (Å²) in [5.74, 6) is 1.79. The minimum Gasteiger partial charge on any atom is -0.493 e. The number of hydrogen-bond donors (Lipinski definition) is 0. The van der Waals surface area contributed by atoms with Crippen molar-refractivity contribution >= 4 is 29.5 Å². The van der Waals surface area contributed by atoms with Gasteiger partial charge in [0.1, 0.15) is 12.4 Å². The summed E-state index contributed by atoms with van der Waals surface area (Å²) in [5.41, 5.74) is 2.12. The Balaban J connectivity index is 1.85. The van der Waals surface area contributed by atoms with Gasteiger partial charge in [-0.1, -0.05) is 23.7 Å². The van der Waals surface area contributed by atoms with Gasteiger partial charge in [-0.15, -0.1) is 0 Å². The van der Waals surface area contributed by atoms with Crippen LogP contribution in [-0.4, -0.2) is 26.6 Å². The molecule has 0 atom stereocenters. The van der Waals surface area contributed by atoms with Crippen molar-refractivity contribution in [3.8, 4) is 17.2 Å².